The highest BCUT2D eigenvalue weighted by Crippen LogP contribution is 2.36. The number of benzene rings is 2. The van der Waals surface area contributed by atoms with Crippen LogP contribution in [0.5, 0.6) is 5.75 Å². The second-order valence-electron chi connectivity index (χ2n) is 8.34. The van der Waals surface area contributed by atoms with Crippen LogP contribution in [0.2, 0.25) is 0 Å². The van der Waals surface area contributed by atoms with E-state index >= 15 is 4.39 Å². The highest BCUT2D eigenvalue weighted by atomic mass is 32.2. The molecule has 2 aliphatic heterocycles. The van der Waals surface area contributed by atoms with Crippen molar-refractivity contribution in [2.45, 2.75) is 30.4 Å². The molecule has 0 spiro atoms. The molecule has 2 aromatic carbocycles. The number of halogens is 5. The zero-order chi connectivity index (χ0) is 25.5. The second kappa shape index (κ2) is 9.61. The Balaban J connectivity index is 1.83. The molecule has 0 unspecified atom stereocenters. The van der Waals surface area contributed by atoms with Gasteiger partial charge in [0.1, 0.15) is 18.6 Å². The molecule has 13 heteroatoms. The van der Waals surface area contributed by atoms with Crippen LogP contribution in [0.25, 0.3) is 11.1 Å². The Labute approximate surface area is 198 Å². The molecule has 35 heavy (non-hydrogen) atoms. The Morgan fingerprint density at radius 3 is 2.51 bits per heavy atom. The third-order valence-corrected chi connectivity index (χ3v) is 7.19. The molecule has 2 amide bonds. The summed E-state index contributed by atoms with van der Waals surface area (Å²) in [5.41, 5.74) is 0.0407. The minimum absolute atomic E-state index is 0.0259. The number of para-hydroxylation sites is 1. The predicted molar refractivity (Wildman–Crippen MR) is 116 cm³/mol. The molecule has 2 aromatic rings. The van der Waals surface area contributed by atoms with Crippen LogP contribution in [0.3, 0.4) is 0 Å². The zero-order valence-corrected chi connectivity index (χ0v) is 19.2. The van der Waals surface area contributed by atoms with Crippen LogP contribution in [0, 0.1) is 11.6 Å². The lowest BCUT2D eigenvalue weighted by molar-refractivity contribution is 0.145. The molecule has 7 nitrogen and oxygen atoms in total. The highest BCUT2D eigenvalue weighted by molar-refractivity contribution is 7.89. The number of fused-ring (bicyclic) bond motifs is 5. The Kier molecular flexibility index (Phi) is 6.91. The number of hydrogen-bond donors (Lipinski definition) is 1. The summed E-state index contributed by atoms with van der Waals surface area (Å²) >= 11 is 0. The van der Waals surface area contributed by atoms with Gasteiger partial charge < -0.3 is 14.5 Å². The third kappa shape index (κ3) is 4.79. The molecule has 1 saturated heterocycles. The quantitative estimate of drug-likeness (QED) is 0.633. The molecule has 0 aliphatic carbocycles. The molecule has 0 aromatic heterocycles. The highest BCUT2D eigenvalue weighted by Gasteiger charge is 2.48. The van der Waals surface area contributed by atoms with Crippen molar-refractivity contribution < 1.29 is 39.9 Å². The monoisotopic (exact) mass is 519 g/mol. The van der Waals surface area contributed by atoms with Gasteiger partial charge in [0.15, 0.2) is 11.6 Å². The minimum Gasteiger partial charge on any atom is -0.488 e. The number of nitrogens with one attached hydrogen (secondary N) is 1. The number of alkyl halides is 3. The summed E-state index contributed by atoms with van der Waals surface area (Å²) < 4.78 is 102. The van der Waals surface area contributed by atoms with Crippen LogP contribution in [-0.2, 0) is 16.4 Å². The normalized spacial score (nSPS) is 23.2. The summed E-state index contributed by atoms with van der Waals surface area (Å²) in [5, 5.41) is 0. The number of carbonyl (C=O) groups excluding carboxylic acids is 1. The molecular weight excluding hydrogens is 497 g/mol. The van der Waals surface area contributed by atoms with Crippen LogP contribution in [0.15, 0.2) is 36.4 Å². The van der Waals surface area contributed by atoms with Gasteiger partial charge in [-0.15, -0.1) is 0 Å². The van der Waals surface area contributed by atoms with Gasteiger partial charge in [-0.05, 0) is 18.1 Å². The lowest BCUT2D eigenvalue weighted by atomic mass is 9.95. The van der Waals surface area contributed by atoms with Gasteiger partial charge in [-0.2, -0.15) is 8.78 Å². The van der Waals surface area contributed by atoms with E-state index < -0.39 is 58.2 Å². The Morgan fingerprint density at radius 1 is 1.11 bits per heavy atom. The van der Waals surface area contributed by atoms with E-state index in [2.05, 4.69) is 0 Å². The van der Waals surface area contributed by atoms with Crippen LogP contribution in [-0.4, -0.2) is 75.0 Å². The van der Waals surface area contributed by atoms with Crippen molar-refractivity contribution in [1.82, 2.24) is 14.5 Å². The second-order valence-corrected chi connectivity index (χ2v) is 10.0. The summed E-state index contributed by atoms with van der Waals surface area (Å²) in [6.45, 7) is -0.849. The van der Waals surface area contributed by atoms with Gasteiger partial charge in [-0.3, -0.25) is 0 Å². The molecule has 1 N–H and O–H groups in total. The maximum Gasteiger partial charge on any atom is 0.350 e. The molecule has 0 radical (unpaired) electrons. The largest absolute Gasteiger partial charge is 0.488 e. The van der Waals surface area contributed by atoms with Gasteiger partial charge in [0.05, 0.1) is 25.2 Å². The van der Waals surface area contributed by atoms with E-state index in [9.17, 15) is 30.8 Å². The predicted octanol–water partition coefficient (Wildman–Crippen LogP) is 3.15. The fraction of sp³-hybridized carbons (Fsp3) is 0.409. The zero-order valence-electron chi connectivity index (χ0n) is 18.4. The van der Waals surface area contributed by atoms with Crippen LogP contribution in [0.1, 0.15) is 5.56 Å². The van der Waals surface area contributed by atoms with Crippen LogP contribution in [0.4, 0.5) is 26.7 Å². The number of hydrogen-bond acceptors (Lipinski definition) is 4. The van der Waals surface area contributed by atoms with Crippen molar-refractivity contribution in [2.75, 3.05) is 26.7 Å². The number of sulfonamides is 1. The van der Waals surface area contributed by atoms with Crippen molar-refractivity contribution >= 4 is 16.1 Å². The Bertz CT molecular complexity index is 1230. The number of nitrogens with zero attached hydrogens (tertiary/aromatic N) is 2. The average Bonchev–Trinajstić information content (AvgIpc) is 3.09. The van der Waals surface area contributed by atoms with Crippen molar-refractivity contribution in [3.63, 3.8) is 0 Å². The van der Waals surface area contributed by atoms with Gasteiger partial charge in [-0.25, -0.2) is 31.1 Å². The number of carbonyl (C=O) groups is 1. The van der Waals surface area contributed by atoms with E-state index in [4.69, 9.17) is 4.74 Å². The molecule has 1 fully saturated rings. The first kappa shape index (κ1) is 25.2. The standard InChI is InChI=1S/C22H22F5N3O4S/c1-29-8-9-34-20-14(6-3-7-15(20)23)13-5-2-4-12(18(13)25)10-17-19(28-35(32,33)21(26)27)16(24)11-30(17)22(29)31/h2-7,16-17,19,21,28H,8-11H2,1H3/t16-,17-,19-/m0/s1. The van der Waals surface area contributed by atoms with E-state index in [1.165, 1.54) is 37.4 Å². The van der Waals surface area contributed by atoms with Crippen molar-refractivity contribution in [3.8, 4) is 16.9 Å². The number of amides is 2. The topological polar surface area (TPSA) is 79.0 Å². The van der Waals surface area contributed by atoms with E-state index in [1.807, 2.05) is 0 Å². The molecule has 3 atom stereocenters. The lowest BCUT2D eigenvalue weighted by Gasteiger charge is -2.31. The molecule has 2 aliphatic rings. The van der Waals surface area contributed by atoms with Crippen LogP contribution >= 0.6 is 0 Å². The Hall–Kier alpha value is -2.93. The smallest absolute Gasteiger partial charge is 0.350 e. The summed E-state index contributed by atoms with van der Waals surface area (Å²) in [5.74, 6) is -5.59. The van der Waals surface area contributed by atoms with E-state index in [1.54, 1.807) is 4.72 Å². The first-order chi connectivity index (χ1) is 16.5. The van der Waals surface area contributed by atoms with E-state index in [0.29, 0.717) is 0 Å². The number of rotatable bonds is 3. The minimum atomic E-state index is -5.21. The molecular formula is C22H22F5N3O4S. The van der Waals surface area contributed by atoms with Gasteiger partial charge in [0.2, 0.25) is 0 Å². The van der Waals surface area contributed by atoms with Gasteiger partial charge in [0.25, 0.3) is 10.0 Å². The molecule has 2 bridgehead atoms. The van der Waals surface area contributed by atoms with Gasteiger partial charge in [-0.1, -0.05) is 30.3 Å². The van der Waals surface area contributed by atoms with E-state index in [0.717, 1.165) is 15.9 Å². The van der Waals surface area contributed by atoms with Crippen LogP contribution < -0.4 is 9.46 Å². The molecule has 0 saturated carbocycles. The Morgan fingerprint density at radius 2 is 1.80 bits per heavy atom. The average molecular weight is 519 g/mol. The number of urea groups is 1. The SMILES string of the molecule is CN1CCOc2c(F)cccc2-c2cccc(c2F)C[C@H]2[C@@H](NS(=O)(=O)C(F)F)[C@@H](F)CN2C1=O. The van der Waals surface area contributed by atoms with Gasteiger partial charge >= 0.3 is 11.8 Å². The fourth-order valence-corrected chi connectivity index (χ4v) is 5.15. The third-order valence-electron chi connectivity index (χ3n) is 6.12. The summed E-state index contributed by atoms with van der Waals surface area (Å²) in [6.07, 6.45) is -2.40. The van der Waals surface area contributed by atoms with Crippen molar-refractivity contribution in [1.29, 1.82) is 0 Å². The molecule has 4 rings (SSSR count). The molecule has 190 valence electrons. The molecule has 2 heterocycles. The lowest BCUT2D eigenvalue weighted by Crippen LogP contribution is -2.52. The summed E-state index contributed by atoms with van der Waals surface area (Å²) in [7, 11) is -3.84. The number of likely N-dealkylation sites (N-methyl/N-ethyl adjacent to an activating group) is 1. The number of ether oxygens (including phenoxy) is 1. The first-order valence-corrected chi connectivity index (χ1v) is 12.2. The van der Waals surface area contributed by atoms with Crippen molar-refractivity contribution in [3.05, 3.63) is 53.6 Å². The maximum absolute atomic E-state index is 15.6. The fourth-order valence-electron chi connectivity index (χ4n) is 4.36. The van der Waals surface area contributed by atoms with E-state index in [-0.39, 0.29) is 42.0 Å². The first-order valence-electron chi connectivity index (χ1n) is 10.7. The maximum atomic E-state index is 15.6. The van der Waals surface area contributed by atoms with Gasteiger partial charge in [0, 0.05) is 18.2 Å². The summed E-state index contributed by atoms with van der Waals surface area (Å²) in [4.78, 5) is 15.2. The summed E-state index contributed by atoms with van der Waals surface area (Å²) in [6, 6.07) is 4.36. The van der Waals surface area contributed by atoms with Crippen molar-refractivity contribution in [2.24, 2.45) is 0 Å².